The van der Waals surface area contributed by atoms with Gasteiger partial charge in [0.25, 0.3) is 0 Å². The minimum Gasteiger partial charge on any atom is -0.309 e. The minimum atomic E-state index is 0.929. The van der Waals surface area contributed by atoms with Gasteiger partial charge in [0.1, 0.15) is 0 Å². The van der Waals surface area contributed by atoms with E-state index in [-0.39, 0.29) is 0 Å². The molecule has 4 heterocycles. The molecule has 0 atom stereocenters. The Labute approximate surface area is 235 Å². The van der Waals surface area contributed by atoms with Crippen molar-refractivity contribution in [2.24, 2.45) is 0 Å². The lowest BCUT2D eigenvalue weighted by Crippen LogP contribution is -1.95. The Bertz CT molecular complexity index is 2470. The number of para-hydroxylation sites is 1. The maximum absolute atomic E-state index is 4.85. The molecule has 0 aliphatic carbocycles. The van der Waals surface area contributed by atoms with Crippen molar-refractivity contribution < 1.29 is 0 Å². The van der Waals surface area contributed by atoms with E-state index in [4.69, 9.17) is 9.97 Å². The molecule has 41 heavy (non-hydrogen) atoms. The molecule has 0 spiro atoms. The van der Waals surface area contributed by atoms with Gasteiger partial charge in [0, 0.05) is 56.6 Å². The first-order chi connectivity index (χ1) is 20.4. The highest BCUT2D eigenvalue weighted by Gasteiger charge is 2.19. The molecule has 4 nitrogen and oxygen atoms in total. The Kier molecular flexibility index (Phi) is 4.58. The van der Waals surface area contributed by atoms with Crippen LogP contribution in [0.5, 0.6) is 0 Å². The van der Waals surface area contributed by atoms with E-state index in [0.29, 0.717) is 0 Å². The predicted octanol–water partition coefficient (Wildman–Crippen LogP) is 9.25. The van der Waals surface area contributed by atoms with E-state index in [2.05, 4.69) is 107 Å². The molecule has 9 aromatic rings. The summed E-state index contributed by atoms with van der Waals surface area (Å²) in [5.74, 6) is 0. The average Bonchev–Trinajstić information content (AvgIpc) is 3.40. The van der Waals surface area contributed by atoms with Crippen molar-refractivity contribution in [3.05, 3.63) is 134 Å². The van der Waals surface area contributed by atoms with Crippen LogP contribution in [-0.4, -0.2) is 19.5 Å². The quantitative estimate of drug-likeness (QED) is 0.213. The third-order valence-electron chi connectivity index (χ3n) is 8.29. The van der Waals surface area contributed by atoms with Gasteiger partial charge in [-0.2, -0.15) is 0 Å². The summed E-state index contributed by atoms with van der Waals surface area (Å²) in [5.41, 5.74) is 8.68. The Morgan fingerprint density at radius 1 is 0.463 bits per heavy atom. The number of pyridine rings is 3. The second-order valence-corrected chi connectivity index (χ2v) is 10.5. The first kappa shape index (κ1) is 22.2. The highest BCUT2D eigenvalue weighted by Crippen LogP contribution is 2.42. The number of fused-ring (bicyclic) bond motifs is 11. The third kappa shape index (κ3) is 3.13. The molecule has 0 bridgehead atoms. The molecule has 0 aliphatic heterocycles. The lowest BCUT2D eigenvalue weighted by Gasteiger charge is -2.13. The molecule has 0 saturated heterocycles. The lowest BCUT2D eigenvalue weighted by atomic mass is 9.97. The molecule has 5 aromatic carbocycles. The smallest absolute Gasteiger partial charge is 0.0970 e. The molecule has 0 amide bonds. The van der Waals surface area contributed by atoms with E-state index in [1.807, 2.05) is 36.8 Å². The lowest BCUT2D eigenvalue weighted by molar-refractivity contribution is 1.19. The number of benzene rings is 5. The molecule has 4 aromatic heterocycles. The SMILES string of the molecule is c1cnc2c(c1)cc(-c1ccc(-n3c4ccccc4c4c5ccccc5c5ncccc5c43)cc1)c1cccnc12. The van der Waals surface area contributed by atoms with Crippen molar-refractivity contribution in [3.63, 3.8) is 0 Å². The van der Waals surface area contributed by atoms with Gasteiger partial charge in [0.05, 0.1) is 27.6 Å². The van der Waals surface area contributed by atoms with Gasteiger partial charge in [-0.15, -0.1) is 0 Å². The fraction of sp³-hybridized carbons (Fsp3) is 0. The van der Waals surface area contributed by atoms with E-state index < -0.39 is 0 Å². The first-order valence-corrected chi connectivity index (χ1v) is 13.8. The zero-order valence-electron chi connectivity index (χ0n) is 22.0. The predicted molar refractivity (Wildman–Crippen MR) is 170 cm³/mol. The molecule has 0 unspecified atom stereocenters. The van der Waals surface area contributed by atoms with Crippen LogP contribution in [0.1, 0.15) is 0 Å². The largest absolute Gasteiger partial charge is 0.309 e. The van der Waals surface area contributed by atoms with Crippen LogP contribution < -0.4 is 0 Å². The van der Waals surface area contributed by atoms with E-state index in [1.165, 1.54) is 32.6 Å². The topological polar surface area (TPSA) is 43.6 Å². The molecular weight excluding hydrogens is 500 g/mol. The normalized spacial score (nSPS) is 11.9. The monoisotopic (exact) mass is 522 g/mol. The van der Waals surface area contributed by atoms with Crippen molar-refractivity contribution >= 4 is 65.3 Å². The molecule has 0 saturated carbocycles. The summed E-state index contributed by atoms with van der Waals surface area (Å²) in [7, 11) is 0. The Morgan fingerprint density at radius 3 is 1.93 bits per heavy atom. The third-order valence-corrected chi connectivity index (χ3v) is 8.29. The van der Waals surface area contributed by atoms with Crippen molar-refractivity contribution in [3.8, 4) is 16.8 Å². The number of aromatic nitrogens is 4. The van der Waals surface area contributed by atoms with Gasteiger partial charge >= 0.3 is 0 Å². The fourth-order valence-electron chi connectivity index (χ4n) is 6.56. The Balaban J connectivity index is 1.34. The zero-order valence-corrected chi connectivity index (χ0v) is 22.0. The van der Waals surface area contributed by atoms with Crippen molar-refractivity contribution in [2.75, 3.05) is 0 Å². The van der Waals surface area contributed by atoms with Gasteiger partial charge in [-0.05, 0) is 65.0 Å². The van der Waals surface area contributed by atoms with Crippen LogP contribution in [0.15, 0.2) is 134 Å². The second-order valence-electron chi connectivity index (χ2n) is 10.5. The highest BCUT2D eigenvalue weighted by atomic mass is 15.0. The van der Waals surface area contributed by atoms with Crippen molar-refractivity contribution in [1.82, 2.24) is 19.5 Å². The zero-order chi connectivity index (χ0) is 26.9. The standard InChI is InChI=1S/C37H22N4/c1-2-10-27-26(9-1)33-29-11-3-4-14-32(29)41(37(33)30-13-7-20-39-35(27)30)25-17-15-23(16-18-25)31-22-24-8-5-19-38-34(24)36-28(31)12-6-21-40-36/h1-22H. The Hall–Kier alpha value is -5.61. The molecule has 0 radical (unpaired) electrons. The van der Waals surface area contributed by atoms with Gasteiger partial charge in [0.15, 0.2) is 0 Å². The number of rotatable bonds is 2. The average molecular weight is 523 g/mol. The Morgan fingerprint density at radius 2 is 1.10 bits per heavy atom. The van der Waals surface area contributed by atoms with Gasteiger partial charge < -0.3 is 4.57 Å². The molecule has 4 heteroatoms. The van der Waals surface area contributed by atoms with Crippen LogP contribution >= 0.6 is 0 Å². The number of nitrogens with zero attached hydrogens (tertiary/aromatic N) is 4. The van der Waals surface area contributed by atoms with Gasteiger partial charge in [-0.1, -0.05) is 66.7 Å². The van der Waals surface area contributed by atoms with Crippen LogP contribution in [-0.2, 0) is 0 Å². The van der Waals surface area contributed by atoms with Crippen LogP contribution in [0.3, 0.4) is 0 Å². The summed E-state index contributed by atoms with van der Waals surface area (Å²) in [5, 5.41) is 8.26. The summed E-state index contributed by atoms with van der Waals surface area (Å²) >= 11 is 0. The van der Waals surface area contributed by atoms with E-state index >= 15 is 0 Å². The van der Waals surface area contributed by atoms with Crippen LogP contribution in [0.25, 0.3) is 82.1 Å². The van der Waals surface area contributed by atoms with Gasteiger partial charge in [-0.3, -0.25) is 15.0 Å². The van der Waals surface area contributed by atoms with Crippen molar-refractivity contribution in [2.45, 2.75) is 0 Å². The first-order valence-electron chi connectivity index (χ1n) is 13.8. The van der Waals surface area contributed by atoms with E-state index in [1.54, 1.807) is 0 Å². The maximum atomic E-state index is 4.85. The van der Waals surface area contributed by atoms with E-state index in [0.717, 1.165) is 49.5 Å². The highest BCUT2D eigenvalue weighted by molar-refractivity contribution is 6.31. The summed E-state index contributed by atoms with van der Waals surface area (Å²) in [6, 6.07) is 40.9. The summed E-state index contributed by atoms with van der Waals surface area (Å²) in [6.45, 7) is 0. The van der Waals surface area contributed by atoms with Crippen molar-refractivity contribution in [1.29, 1.82) is 0 Å². The molecular formula is C37H22N4. The molecule has 0 aliphatic rings. The van der Waals surface area contributed by atoms with E-state index in [9.17, 15) is 0 Å². The molecule has 0 N–H and O–H groups in total. The summed E-state index contributed by atoms with van der Waals surface area (Å²) in [6.07, 6.45) is 5.56. The number of hydrogen-bond acceptors (Lipinski definition) is 3. The van der Waals surface area contributed by atoms with Gasteiger partial charge in [0.2, 0.25) is 0 Å². The van der Waals surface area contributed by atoms with Crippen LogP contribution in [0.2, 0.25) is 0 Å². The van der Waals surface area contributed by atoms with Crippen LogP contribution in [0, 0.1) is 0 Å². The summed E-state index contributed by atoms with van der Waals surface area (Å²) < 4.78 is 2.40. The van der Waals surface area contributed by atoms with Crippen LogP contribution in [0.4, 0.5) is 0 Å². The summed E-state index contributed by atoms with van der Waals surface area (Å²) in [4.78, 5) is 14.2. The second kappa shape index (κ2) is 8.44. The molecule has 190 valence electrons. The maximum Gasteiger partial charge on any atom is 0.0970 e. The molecule has 9 rings (SSSR count). The van der Waals surface area contributed by atoms with Gasteiger partial charge in [-0.25, -0.2) is 0 Å². The minimum absolute atomic E-state index is 0.929. The fourth-order valence-corrected chi connectivity index (χ4v) is 6.56. The molecule has 0 fully saturated rings. The number of hydrogen-bond donors (Lipinski definition) is 0.